The number of nitrogens with one attached hydrogen (secondary N) is 1. The van der Waals surface area contributed by atoms with Gasteiger partial charge in [0, 0.05) is 17.1 Å². The Bertz CT molecular complexity index is 690. The summed E-state index contributed by atoms with van der Waals surface area (Å²) in [5.41, 5.74) is 8.14. The first-order valence-corrected chi connectivity index (χ1v) is 8.15. The molecule has 102 valence electrons. The van der Waals surface area contributed by atoms with Crippen LogP contribution in [-0.4, -0.2) is 8.42 Å². The summed E-state index contributed by atoms with van der Waals surface area (Å²) in [5, 5.41) is 1.95. The van der Waals surface area contributed by atoms with Crippen LogP contribution in [0.3, 0.4) is 0 Å². The zero-order chi connectivity index (χ0) is 14.0. The topological polar surface area (TPSA) is 72.2 Å². The van der Waals surface area contributed by atoms with E-state index < -0.39 is 10.0 Å². The molecule has 19 heavy (non-hydrogen) atoms. The van der Waals surface area contributed by atoms with E-state index in [1.54, 1.807) is 30.4 Å². The Kier molecular flexibility index (Phi) is 3.93. The predicted molar refractivity (Wildman–Crippen MR) is 78.7 cm³/mol. The summed E-state index contributed by atoms with van der Waals surface area (Å²) in [6, 6.07) is 6.69. The summed E-state index contributed by atoms with van der Waals surface area (Å²) in [4.78, 5) is 1.27. The van der Waals surface area contributed by atoms with Crippen LogP contribution in [0.5, 0.6) is 0 Å². The number of nitrogen functional groups attached to an aromatic ring is 1. The minimum atomic E-state index is -3.49. The van der Waals surface area contributed by atoms with E-state index in [4.69, 9.17) is 5.73 Å². The molecule has 0 spiro atoms. The van der Waals surface area contributed by atoms with Gasteiger partial charge in [-0.15, -0.1) is 11.3 Å². The number of anilines is 1. The van der Waals surface area contributed by atoms with Gasteiger partial charge in [0.2, 0.25) is 10.0 Å². The van der Waals surface area contributed by atoms with Crippen LogP contribution in [0, 0.1) is 13.8 Å². The van der Waals surface area contributed by atoms with Crippen LogP contribution in [0.15, 0.2) is 34.5 Å². The van der Waals surface area contributed by atoms with E-state index in [-0.39, 0.29) is 4.90 Å². The molecular formula is C13H16N2O2S2. The lowest BCUT2D eigenvalue weighted by Gasteiger charge is -2.08. The third kappa shape index (κ3) is 3.15. The molecule has 0 fully saturated rings. The molecule has 1 aromatic heterocycles. The fourth-order valence-corrected chi connectivity index (χ4v) is 3.66. The molecule has 0 amide bonds. The first kappa shape index (κ1) is 14.0. The number of thiophene rings is 1. The van der Waals surface area contributed by atoms with Crippen LogP contribution in [0.1, 0.15) is 16.0 Å². The van der Waals surface area contributed by atoms with Crippen molar-refractivity contribution in [1.29, 1.82) is 0 Å². The van der Waals surface area contributed by atoms with Crippen molar-refractivity contribution in [3.05, 3.63) is 45.6 Å². The Morgan fingerprint density at radius 2 is 1.95 bits per heavy atom. The van der Waals surface area contributed by atoms with Crippen LogP contribution >= 0.6 is 11.3 Å². The van der Waals surface area contributed by atoms with Crippen molar-refractivity contribution >= 4 is 27.0 Å². The molecule has 0 atom stereocenters. The largest absolute Gasteiger partial charge is 0.399 e. The van der Waals surface area contributed by atoms with Gasteiger partial charge >= 0.3 is 0 Å². The summed E-state index contributed by atoms with van der Waals surface area (Å²) < 4.78 is 26.9. The fourth-order valence-electron chi connectivity index (χ4n) is 1.64. The lowest BCUT2D eigenvalue weighted by atomic mass is 10.2. The monoisotopic (exact) mass is 296 g/mol. The van der Waals surface area contributed by atoms with Crippen molar-refractivity contribution in [2.45, 2.75) is 25.3 Å². The Morgan fingerprint density at radius 1 is 1.21 bits per heavy atom. The molecule has 1 heterocycles. The van der Waals surface area contributed by atoms with Crippen LogP contribution in [0.25, 0.3) is 0 Å². The minimum Gasteiger partial charge on any atom is -0.399 e. The van der Waals surface area contributed by atoms with Gasteiger partial charge in [-0.3, -0.25) is 0 Å². The average Bonchev–Trinajstić information content (AvgIpc) is 2.76. The molecule has 0 bridgehead atoms. The van der Waals surface area contributed by atoms with E-state index in [9.17, 15) is 8.42 Å². The highest BCUT2D eigenvalue weighted by molar-refractivity contribution is 7.89. The molecule has 3 N–H and O–H groups in total. The Hall–Kier alpha value is -1.37. The fraction of sp³-hybridized carbons (Fsp3) is 0.231. The van der Waals surface area contributed by atoms with Crippen LogP contribution in [-0.2, 0) is 16.6 Å². The molecule has 0 aliphatic heterocycles. The van der Waals surface area contributed by atoms with Crippen LogP contribution in [0.2, 0.25) is 0 Å². The molecule has 0 aliphatic rings. The SMILES string of the molecule is Cc1cc(S(=O)(=O)NCc2sccc2C)ccc1N. The third-order valence-electron chi connectivity index (χ3n) is 2.94. The first-order valence-electron chi connectivity index (χ1n) is 5.79. The summed E-state index contributed by atoms with van der Waals surface area (Å²) in [6.45, 7) is 4.07. The van der Waals surface area contributed by atoms with Crippen molar-refractivity contribution in [1.82, 2.24) is 4.72 Å². The average molecular weight is 296 g/mol. The second-order valence-electron chi connectivity index (χ2n) is 4.37. The maximum atomic E-state index is 12.2. The Morgan fingerprint density at radius 3 is 2.53 bits per heavy atom. The number of sulfonamides is 1. The molecule has 2 aromatic rings. The van der Waals surface area contributed by atoms with Crippen molar-refractivity contribution < 1.29 is 8.42 Å². The standard InChI is InChI=1S/C13H16N2O2S2/c1-9-5-6-18-13(9)8-15-19(16,17)11-3-4-12(14)10(2)7-11/h3-7,15H,8,14H2,1-2H3. The van der Waals surface area contributed by atoms with E-state index in [0.717, 1.165) is 16.0 Å². The summed E-state index contributed by atoms with van der Waals surface area (Å²) >= 11 is 1.54. The number of hydrogen-bond acceptors (Lipinski definition) is 4. The smallest absolute Gasteiger partial charge is 0.240 e. The number of rotatable bonds is 4. The molecule has 0 aliphatic carbocycles. The van der Waals surface area contributed by atoms with Crippen LogP contribution in [0.4, 0.5) is 5.69 Å². The van der Waals surface area contributed by atoms with Gasteiger partial charge in [0.1, 0.15) is 0 Å². The van der Waals surface area contributed by atoms with Gasteiger partial charge in [0.25, 0.3) is 0 Å². The molecular weight excluding hydrogens is 280 g/mol. The second-order valence-corrected chi connectivity index (χ2v) is 7.14. The van der Waals surface area contributed by atoms with Gasteiger partial charge in [-0.25, -0.2) is 13.1 Å². The lowest BCUT2D eigenvalue weighted by molar-refractivity contribution is 0.581. The number of aryl methyl sites for hydroxylation is 2. The van der Waals surface area contributed by atoms with E-state index >= 15 is 0 Å². The highest BCUT2D eigenvalue weighted by Gasteiger charge is 2.15. The van der Waals surface area contributed by atoms with Crippen molar-refractivity contribution in [2.24, 2.45) is 0 Å². The normalized spacial score (nSPS) is 11.7. The van der Waals surface area contributed by atoms with E-state index in [0.29, 0.717) is 12.2 Å². The maximum Gasteiger partial charge on any atom is 0.240 e. The zero-order valence-electron chi connectivity index (χ0n) is 10.8. The Labute approximate surface area is 117 Å². The van der Waals surface area contributed by atoms with Gasteiger partial charge in [0.05, 0.1) is 4.90 Å². The van der Waals surface area contributed by atoms with Gasteiger partial charge in [0.15, 0.2) is 0 Å². The minimum absolute atomic E-state index is 0.244. The maximum absolute atomic E-state index is 12.2. The molecule has 0 saturated heterocycles. The quantitative estimate of drug-likeness (QED) is 0.851. The highest BCUT2D eigenvalue weighted by atomic mass is 32.2. The van der Waals surface area contributed by atoms with Crippen LogP contribution < -0.4 is 10.5 Å². The van der Waals surface area contributed by atoms with Gasteiger partial charge < -0.3 is 5.73 Å². The number of nitrogens with two attached hydrogens (primary N) is 1. The number of hydrogen-bond donors (Lipinski definition) is 2. The molecule has 0 radical (unpaired) electrons. The summed E-state index contributed by atoms with van der Waals surface area (Å²) in [6.07, 6.45) is 0. The first-order chi connectivity index (χ1) is 8.90. The Balaban J connectivity index is 2.18. The van der Waals surface area contributed by atoms with Gasteiger partial charge in [-0.2, -0.15) is 0 Å². The van der Waals surface area contributed by atoms with E-state index in [1.807, 2.05) is 18.4 Å². The molecule has 0 unspecified atom stereocenters. The molecule has 4 nitrogen and oxygen atoms in total. The summed E-state index contributed by atoms with van der Waals surface area (Å²) in [5.74, 6) is 0. The van der Waals surface area contributed by atoms with E-state index in [2.05, 4.69) is 4.72 Å². The predicted octanol–water partition coefficient (Wildman–Crippen LogP) is 2.43. The zero-order valence-corrected chi connectivity index (χ0v) is 12.4. The number of benzene rings is 1. The van der Waals surface area contributed by atoms with Gasteiger partial charge in [-0.1, -0.05) is 0 Å². The van der Waals surface area contributed by atoms with E-state index in [1.165, 1.54) is 6.07 Å². The van der Waals surface area contributed by atoms with Crippen molar-refractivity contribution in [3.63, 3.8) is 0 Å². The summed E-state index contributed by atoms with van der Waals surface area (Å²) in [7, 11) is -3.49. The molecule has 0 saturated carbocycles. The van der Waals surface area contributed by atoms with Crippen molar-refractivity contribution in [3.8, 4) is 0 Å². The molecule has 2 rings (SSSR count). The van der Waals surface area contributed by atoms with Gasteiger partial charge in [-0.05, 0) is 54.6 Å². The third-order valence-corrected chi connectivity index (χ3v) is 5.36. The molecule has 1 aromatic carbocycles. The molecule has 6 heteroatoms. The lowest BCUT2D eigenvalue weighted by Crippen LogP contribution is -2.23. The van der Waals surface area contributed by atoms with Crippen molar-refractivity contribution in [2.75, 3.05) is 5.73 Å². The second kappa shape index (κ2) is 5.32. The highest BCUT2D eigenvalue weighted by Crippen LogP contribution is 2.19.